The minimum absolute atomic E-state index is 0.286. The van der Waals surface area contributed by atoms with E-state index >= 15 is 0 Å². The molecule has 0 unspecified atom stereocenters. The highest BCUT2D eigenvalue weighted by atomic mass is 79.9. The van der Waals surface area contributed by atoms with Crippen LogP contribution in [0.2, 0.25) is 0 Å². The average molecular weight is 209 g/mol. The zero-order valence-electron chi connectivity index (χ0n) is 4.93. The lowest BCUT2D eigenvalue weighted by molar-refractivity contribution is 1.45. The highest BCUT2D eigenvalue weighted by molar-refractivity contribution is 9.18. The van der Waals surface area contributed by atoms with Crippen LogP contribution in [0.5, 0.6) is 0 Å². The molecule has 0 rings (SSSR count). The average Bonchev–Trinajstić information content (AvgIpc) is 1.83. The predicted molar refractivity (Wildman–Crippen MR) is 45.5 cm³/mol. The van der Waals surface area contributed by atoms with Crippen LogP contribution in [-0.2, 0) is 0 Å². The van der Waals surface area contributed by atoms with Crippen LogP contribution >= 0.6 is 27.5 Å². The molecule has 0 aliphatic rings. The van der Waals surface area contributed by atoms with Gasteiger partial charge in [-0.15, -0.1) is 0 Å². The van der Waals surface area contributed by atoms with E-state index in [0.29, 0.717) is 0 Å². The maximum Gasteiger partial charge on any atom is 0.146 e. The molecule has 0 heterocycles. The van der Waals surface area contributed by atoms with E-state index in [1.807, 2.05) is 0 Å². The molecule has 0 aliphatic carbocycles. The van der Waals surface area contributed by atoms with Crippen LogP contribution in [0.15, 0.2) is 21.3 Å². The van der Waals surface area contributed by atoms with Gasteiger partial charge in [-0.1, -0.05) is 11.6 Å². The van der Waals surface area contributed by atoms with E-state index in [0.717, 1.165) is 4.62 Å². The zero-order valence-corrected chi connectivity index (χ0v) is 7.28. The Bertz CT molecular complexity index is 158. The van der Waals surface area contributed by atoms with Gasteiger partial charge in [0.2, 0.25) is 0 Å². The Morgan fingerprint density at radius 1 is 1.78 bits per heavy atom. The summed E-state index contributed by atoms with van der Waals surface area (Å²) in [5.74, 6) is 0. The quantitative estimate of drug-likeness (QED) is 0.493. The Hall–Kier alpha value is -0.150. The van der Waals surface area contributed by atoms with Crippen LogP contribution in [-0.4, -0.2) is 11.3 Å². The number of halogens is 2. The fourth-order valence-electron chi connectivity index (χ4n) is 0.183. The van der Waals surface area contributed by atoms with Crippen LogP contribution in [0.3, 0.4) is 0 Å². The van der Waals surface area contributed by atoms with Gasteiger partial charge in [-0.05, 0) is 29.6 Å². The maximum absolute atomic E-state index is 5.41. The second-order valence-electron chi connectivity index (χ2n) is 1.24. The fourth-order valence-corrected chi connectivity index (χ4v) is 0.334. The first-order valence-electron chi connectivity index (χ1n) is 2.19. The minimum Gasteiger partial charge on any atom is -0.251 e. The van der Waals surface area contributed by atoms with E-state index < -0.39 is 0 Å². The summed E-state index contributed by atoms with van der Waals surface area (Å²) in [6, 6.07) is 0. The second-order valence-corrected chi connectivity index (χ2v) is 2.77. The van der Waals surface area contributed by atoms with Crippen molar-refractivity contribution in [2.45, 2.75) is 6.92 Å². The molecule has 0 N–H and O–H groups in total. The number of aliphatic imine (C=N–C) groups is 2. The number of rotatable bonds is 2. The molecule has 0 aromatic carbocycles. The highest BCUT2D eigenvalue weighted by Crippen LogP contribution is 2.01. The Morgan fingerprint density at radius 2 is 2.33 bits per heavy atom. The molecule has 0 bridgehead atoms. The molecule has 0 saturated carbocycles. The van der Waals surface area contributed by atoms with Gasteiger partial charge in [0.1, 0.15) is 5.16 Å². The van der Waals surface area contributed by atoms with Crippen molar-refractivity contribution in [3.8, 4) is 0 Å². The van der Waals surface area contributed by atoms with E-state index in [9.17, 15) is 0 Å². The molecule has 0 spiro atoms. The normalized spacial score (nSPS) is 13.7. The van der Waals surface area contributed by atoms with E-state index in [-0.39, 0.29) is 5.16 Å². The topological polar surface area (TPSA) is 24.7 Å². The van der Waals surface area contributed by atoms with Gasteiger partial charge in [0.15, 0.2) is 0 Å². The monoisotopic (exact) mass is 208 g/mol. The molecule has 0 fully saturated rings. The van der Waals surface area contributed by atoms with Gasteiger partial charge in [0.25, 0.3) is 0 Å². The Kier molecular flexibility index (Phi) is 4.62. The zero-order chi connectivity index (χ0) is 7.28. The smallest absolute Gasteiger partial charge is 0.146 e. The summed E-state index contributed by atoms with van der Waals surface area (Å²) >= 11 is 8.53. The van der Waals surface area contributed by atoms with Crippen molar-refractivity contribution in [2.24, 2.45) is 9.98 Å². The van der Waals surface area contributed by atoms with Crippen LogP contribution in [0, 0.1) is 0 Å². The molecule has 0 aromatic rings. The van der Waals surface area contributed by atoms with Crippen molar-refractivity contribution in [1.29, 1.82) is 0 Å². The van der Waals surface area contributed by atoms with Crippen molar-refractivity contribution in [2.75, 3.05) is 0 Å². The molecule has 0 aliphatic heterocycles. The Morgan fingerprint density at radius 3 is 2.67 bits per heavy atom. The van der Waals surface area contributed by atoms with Crippen molar-refractivity contribution in [3.63, 3.8) is 0 Å². The third-order valence-corrected chi connectivity index (χ3v) is 0.922. The van der Waals surface area contributed by atoms with E-state index in [4.69, 9.17) is 11.6 Å². The van der Waals surface area contributed by atoms with E-state index in [1.165, 1.54) is 6.20 Å². The van der Waals surface area contributed by atoms with Gasteiger partial charge in [-0.3, -0.25) is 9.98 Å². The third kappa shape index (κ3) is 5.73. The van der Waals surface area contributed by atoms with Gasteiger partial charge >= 0.3 is 0 Å². The summed E-state index contributed by atoms with van der Waals surface area (Å²) in [5.41, 5.74) is 0. The second kappa shape index (κ2) is 4.70. The summed E-state index contributed by atoms with van der Waals surface area (Å²) < 4.78 is 0.754. The van der Waals surface area contributed by atoms with Crippen molar-refractivity contribution in [1.82, 2.24) is 0 Å². The summed E-state index contributed by atoms with van der Waals surface area (Å²) in [6.45, 7) is 5.00. The van der Waals surface area contributed by atoms with Crippen molar-refractivity contribution < 1.29 is 0 Å². The number of nitrogens with zero attached hydrogens (tertiary/aromatic N) is 2. The van der Waals surface area contributed by atoms with Crippen LogP contribution in [0.1, 0.15) is 6.92 Å². The first kappa shape index (κ1) is 8.85. The molecule has 50 valence electrons. The lowest BCUT2D eigenvalue weighted by Crippen LogP contribution is -1.69. The fraction of sp³-hybridized carbons (Fsp3) is 0.200. The first-order valence-corrected chi connectivity index (χ1v) is 3.36. The molecule has 2 nitrogen and oxygen atoms in total. The van der Waals surface area contributed by atoms with Gasteiger partial charge in [0.05, 0.1) is 10.8 Å². The molecule has 0 aromatic heterocycles. The van der Waals surface area contributed by atoms with E-state index in [2.05, 4.69) is 32.6 Å². The van der Waals surface area contributed by atoms with Gasteiger partial charge < -0.3 is 0 Å². The minimum atomic E-state index is 0.286. The van der Waals surface area contributed by atoms with Crippen LogP contribution < -0.4 is 0 Å². The lowest BCUT2D eigenvalue weighted by Gasteiger charge is -1.82. The van der Waals surface area contributed by atoms with Gasteiger partial charge in [0, 0.05) is 0 Å². The van der Waals surface area contributed by atoms with E-state index in [1.54, 1.807) is 6.92 Å². The first-order chi connectivity index (χ1) is 4.16. The highest BCUT2D eigenvalue weighted by Gasteiger charge is 1.80. The summed E-state index contributed by atoms with van der Waals surface area (Å²) in [6.07, 6.45) is 1.42. The molecule has 4 heteroatoms. The third-order valence-electron chi connectivity index (χ3n) is 0.500. The molecule has 0 atom stereocenters. The number of hydrogen-bond donors (Lipinski definition) is 0. The molecular weight excluding hydrogens is 203 g/mol. The van der Waals surface area contributed by atoms with Crippen molar-refractivity contribution in [3.05, 3.63) is 11.4 Å². The molecule has 0 amide bonds. The summed E-state index contributed by atoms with van der Waals surface area (Å²) in [4.78, 5) is 7.21. The Labute approximate surface area is 67.5 Å². The SMILES string of the molecule is C=N/C(Cl)=C\N=C(C)Br. The lowest BCUT2D eigenvalue weighted by atomic mass is 10.8. The van der Waals surface area contributed by atoms with Crippen LogP contribution in [0.4, 0.5) is 0 Å². The van der Waals surface area contributed by atoms with Crippen molar-refractivity contribution >= 4 is 38.9 Å². The molecule has 0 saturated heterocycles. The maximum atomic E-state index is 5.41. The molecule has 0 radical (unpaired) electrons. The van der Waals surface area contributed by atoms with Crippen LogP contribution in [0.25, 0.3) is 0 Å². The van der Waals surface area contributed by atoms with Gasteiger partial charge in [-0.25, -0.2) is 0 Å². The standard InChI is InChI=1S/C5H6BrClN2/c1-4(6)9-3-5(7)8-2/h3H,2H2,1H3/b5-3-,9-4?. The summed E-state index contributed by atoms with van der Waals surface area (Å²) in [7, 11) is 0. The molecule has 9 heavy (non-hydrogen) atoms. The number of hydrogen-bond acceptors (Lipinski definition) is 2. The largest absolute Gasteiger partial charge is 0.251 e. The summed E-state index contributed by atoms with van der Waals surface area (Å²) in [5, 5.41) is 0.286. The predicted octanol–water partition coefficient (Wildman–Crippen LogP) is 2.54. The van der Waals surface area contributed by atoms with Gasteiger partial charge in [-0.2, -0.15) is 0 Å². The molecular formula is C5H6BrClN2. The Balaban J connectivity index is 3.98.